The molecule has 1 atom stereocenters. The van der Waals surface area contributed by atoms with Gasteiger partial charge in [0.25, 0.3) is 0 Å². The molecular formula is C9H18BrNO. The number of nitrogens with zero attached hydrogens (tertiary/aromatic N) is 1. The van der Waals surface area contributed by atoms with Crippen LogP contribution >= 0.6 is 15.9 Å². The summed E-state index contributed by atoms with van der Waals surface area (Å²) in [5.74, 6) is 0.207. The summed E-state index contributed by atoms with van der Waals surface area (Å²) in [4.78, 5) is 13.4. The predicted molar refractivity (Wildman–Crippen MR) is 55.6 cm³/mol. The third-order valence-corrected chi connectivity index (χ3v) is 2.03. The fourth-order valence-electron chi connectivity index (χ4n) is 1.12. The summed E-state index contributed by atoms with van der Waals surface area (Å²) in [5.41, 5.74) is 0. The fraction of sp³-hybridized carbons (Fsp3) is 0.889. The first-order valence-corrected chi connectivity index (χ1v) is 5.47. The van der Waals surface area contributed by atoms with Gasteiger partial charge in [0.15, 0.2) is 0 Å². The second-order valence-corrected chi connectivity index (χ2v) is 4.31. The maximum atomic E-state index is 11.5. The van der Waals surface area contributed by atoms with Crippen LogP contribution in [0.15, 0.2) is 0 Å². The molecule has 0 radical (unpaired) electrons. The van der Waals surface area contributed by atoms with Crippen LogP contribution in [0, 0.1) is 0 Å². The molecule has 12 heavy (non-hydrogen) atoms. The van der Waals surface area contributed by atoms with E-state index in [0.717, 1.165) is 25.9 Å². The van der Waals surface area contributed by atoms with Crippen molar-refractivity contribution in [3.8, 4) is 0 Å². The molecule has 0 bridgehead atoms. The van der Waals surface area contributed by atoms with E-state index in [0.29, 0.717) is 0 Å². The van der Waals surface area contributed by atoms with Gasteiger partial charge in [-0.15, -0.1) is 0 Å². The summed E-state index contributed by atoms with van der Waals surface area (Å²) >= 11 is 3.29. The Labute approximate surface area is 83.4 Å². The maximum absolute atomic E-state index is 11.5. The van der Waals surface area contributed by atoms with Gasteiger partial charge in [-0.05, 0) is 19.8 Å². The maximum Gasteiger partial charge on any atom is 0.236 e. The van der Waals surface area contributed by atoms with E-state index in [1.54, 1.807) is 0 Å². The van der Waals surface area contributed by atoms with E-state index in [1.165, 1.54) is 0 Å². The van der Waals surface area contributed by atoms with Crippen LogP contribution in [0.5, 0.6) is 0 Å². The monoisotopic (exact) mass is 235 g/mol. The zero-order chi connectivity index (χ0) is 9.56. The van der Waals surface area contributed by atoms with E-state index in [2.05, 4.69) is 29.8 Å². The van der Waals surface area contributed by atoms with Crippen molar-refractivity contribution >= 4 is 21.8 Å². The first-order chi connectivity index (χ1) is 5.63. The van der Waals surface area contributed by atoms with Crippen molar-refractivity contribution in [2.75, 3.05) is 13.1 Å². The number of hydrogen-bond acceptors (Lipinski definition) is 1. The minimum absolute atomic E-state index is 0.0457. The molecule has 0 N–H and O–H groups in total. The number of hydrogen-bond donors (Lipinski definition) is 0. The number of carbonyl (C=O) groups is 1. The lowest BCUT2D eigenvalue weighted by molar-refractivity contribution is -0.130. The van der Waals surface area contributed by atoms with Crippen LogP contribution in [0.3, 0.4) is 0 Å². The zero-order valence-corrected chi connectivity index (χ0v) is 9.73. The topological polar surface area (TPSA) is 20.3 Å². The Hall–Kier alpha value is -0.0500. The van der Waals surface area contributed by atoms with Crippen molar-refractivity contribution < 1.29 is 4.79 Å². The number of carbonyl (C=O) groups excluding carboxylic acids is 1. The molecule has 0 aliphatic rings. The summed E-state index contributed by atoms with van der Waals surface area (Å²) in [6.07, 6.45) is 2.07. The standard InChI is InChI=1S/C9H18BrNO/c1-4-6-11(7-5-2)9(12)8(3)10/h8H,4-7H2,1-3H3. The molecule has 0 saturated carbocycles. The van der Waals surface area contributed by atoms with E-state index < -0.39 is 0 Å². The normalized spacial score (nSPS) is 12.7. The molecule has 0 aromatic carbocycles. The lowest BCUT2D eigenvalue weighted by atomic mass is 10.3. The fourth-order valence-corrected chi connectivity index (χ4v) is 1.41. The molecule has 2 nitrogen and oxygen atoms in total. The van der Waals surface area contributed by atoms with Crippen molar-refractivity contribution in [3.05, 3.63) is 0 Å². The molecule has 0 aliphatic carbocycles. The molecule has 1 unspecified atom stereocenters. The largest absolute Gasteiger partial charge is 0.342 e. The van der Waals surface area contributed by atoms with Gasteiger partial charge >= 0.3 is 0 Å². The third-order valence-electron chi connectivity index (χ3n) is 1.64. The summed E-state index contributed by atoms with van der Waals surface area (Å²) in [6.45, 7) is 7.82. The first-order valence-electron chi connectivity index (χ1n) is 4.56. The van der Waals surface area contributed by atoms with Gasteiger partial charge < -0.3 is 4.90 Å². The summed E-state index contributed by atoms with van der Waals surface area (Å²) in [5, 5.41) is 0. The quantitative estimate of drug-likeness (QED) is 0.671. The van der Waals surface area contributed by atoms with E-state index >= 15 is 0 Å². The Bertz CT molecular complexity index is 130. The minimum Gasteiger partial charge on any atom is -0.342 e. The summed E-state index contributed by atoms with van der Waals surface area (Å²) in [7, 11) is 0. The van der Waals surface area contributed by atoms with E-state index in [1.807, 2.05) is 11.8 Å². The van der Waals surface area contributed by atoms with Crippen molar-refractivity contribution in [1.82, 2.24) is 4.90 Å². The number of amides is 1. The molecule has 0 aromatic heterocycles. The molecule has 0 aliphatic heterocycles. The van der Waals surface area contributed by atoms with Gasteiger partial charge in [-0.1, -0.05) is 29.8 Å². The molecule has 3 heteroatoms. The molecule has 1 amide bonds. The highest BCUT2D eigenvalue weighted by atomic mass is 79.9. The minimum atomic E-state index is -0.0457. The summed E-state index contributed by atoms with van der Waals surface area (Å²) in [6, 6.07) is 0. The van der Waals surface area contributed by atoms with Crippen molar-refractivity contribution in [3.63, 3.8) is 0 Å². The Morgan fingerprint density at radius 3 is 2.00 bits per heavy atom. The van der Waals surface area contributed by atoms with E-state index in [9.17, 15) is 4.79 Å². The molecular weight excluding hydrogens is 218 g/mol. The molecule has 0 saturated heterocycles. The molecule has 0 aromatic rings. The molecule has 72 valence electrons. The van der Waals surface area contributed by atoms with Gasteiger partial charge in [0.1, 0.15) is 0 Å². The average molecular weight is 236 g/mol. The number of rotatable bonds is 5. The van der Waals surface area contributed by atoms with E-state index in [-0.39, 0.29) is 10.7 Å². The third kappa shape index (κ3) is 4.10. The van der Waals surface area contributed by atoms with Gasteiger partial charge in [0, 0.05) is 13.1 Å². The Morgan fingerprint density at radius 2 is 1.75 bits per heavy atom. The van der Waals surface area contributed by atoms with E-state index in [4.69, 9.17) is 0 Å². The van der Waals surface area contributed by atoms with Crippen LogP contribution in [-0.4, -0.2) is 28.7 Å². The summed E-state index contributed by atoms with van der Waals surface area (Å²) < 4.78 is 0. The van der Waals surface area contributed by atoms with Gasteiger partial charge in [-0.25, -0.2) is 0 Å². The van der Waals surface area contributed by atoms with Gasteiger partial charge in [-0.2, -0.15) is 0 Å². The Balaban J connectivity index is 3.99. The molecule has 0 spiro atoms. The van der Waals surface area contributed by atoms with Crippen LogP contribution in [0.4, 0.5) is 0 Å². The lowest BCUT2D eigenvalue weighted by Crippen LogP contribution is -2.36. The smallest absolute Gasteiger partial charge is 0.236 e. The number of halogens is 1. The molecule has 0 rings (SSSR count). The SMILES string of the molecule is CCCN(CCC)C(=O)C(C)Br. The second kappa shape index (κ2) is 6.46. The van der Waals surface area contributed by atoms with Gasteiger partial charge in [-0.3, -0.25) is 4.79 Å². The highest BCUT2D eigenvalue weighted by Gasteiger charge is 2.15. The van der Waals surface area contributed by atoms with Gasteiger partial charge in [0.05, 0.1) is 4.83 Å². The molecule has 0 fully saturated rings. The zero-order valence-electron chi connectivity index (χ0n) is 8.14. The first kappa shape index (κ1) is 11.9. The van der Waals surface area contributed by atoms with Gasteiger partial charge in [0.2, 0.25) is 5.91 Å². The predicted octanol–water partition coefficient (Wildman–Crippen LogP) is 2.42. The van der Waals surface area contributed by atoms with Crippen molar-refractivity contribution in [1.29, 1.82) is 0 Å². The lowest BCUT2D eigenvalue weighted by Gasteiger charge is -2.22. The van der Waals surface area contributed by atoms with Crippen LogP contribution in [0.25, 0.3) is 0 Å². The second-order valence-electron chi connectivity index (χ2n) is 2.94. The average Bonchev–Trinajstić information content (AvgIpc) is 2.03. The molecule has 0 heterocycles. The van der Waals surface area contributed by atoms with Crippen molar-refractivity contribution in [2.45, 2.75) is 38.4 Å². The van der Waals surface area contributed by atoms with Crippen LogP contribution in [0.2, 0.25) is 0 Å². The van der Waals surface area contributed by atoms with Crippen LogP contribution in [-0.2, 0) is 4.79 Å². The number of alkyl halides is 1. The Kier molecular flexibility index (Phi) is 6.44. The van der Waals surface area contributed by atoms with Crippen molar-refractivity contribution in [2.24, 2.45) is 0 Å². The Morgan fingerprint density at radius 1 is 1.33 bits per heavy atom. The van der Waals surface area contributed by atoms with Crippen LogP contribution in [0.1, 0.15) is 33.6 Å². The highest BCUT2D eigenvalue weighted by Crippen LogP contribution is 2.05. The van der Waals surface area contributed by atoms with Crippen LogP contribution < -0.4 is 0 Å². The highest BCUT2D eigenvalue weighted by molar-refractivity contribution is 9.10.